The minimum atomic E-state index is -1.15. The van der Waals surface area contributed by atoms with Crippen LogP contribution in [0, 0.1) is 5.92 Å². The number of anilines is 1. The predicted octanol–water partition coefficient (Wildman–Crippen LogP) is 3.79. The van der Waals surface area contributed by atoms with E-state index in [1.165, 1.54) is 0 Å². The van der Waals surface area contributed by atoms with E-state index < -0.39 is 28.4 Å². The van der Waals surface area contributed by atoms with Gasteiger partial charge in [0.2, 0.25) is 0 Å². The number of aliphatic carboxylic acids is 1. The van der Waals surface area contributed by atoms with Crippen LogP contribution in [0.4, 0.5) is 5.69 Å². The molecule has 0 spiro atoms. The molecular formula is C16H19BrClNO3. The maximum atomic E-state index is 11.8. The molecule has 0 bridgehead atoms. The highest BCUT2D eigenvalue weighted by Gasteiger charge is 2.68. The van der Waals surface area contributed by atoms with Crippen LogP contribution in [0.15, 0.2) is 16.6 Å². The Kier molecular flexibility index (Phi) is 3.38. The molecule has 1 heterocycles. The van der Waals surface area contributed by atoms with E-state index >= 15 is 0 Å². The summed E-state index contributed by atoms with van der Waals surface area (Å²) < 4.78 is 0.703. The van der Waals surface area contributed by atoms with Gasteiger partial charge in [0.1, 0.15) is 0 Å². The molecule has 3 atom stereocenters. The van der Waals surface area contributed by atoms with Gasteiger partial charge in [-0.05, 0) is 60.3 Å². The van der Waals surface area contributed by atoms with Gasteiger partial charge in [-0.1, -0.05) is 18.5 Å². The number of carbonyl (C=O) groups is 1. The lowest BCUT2D eigenvalue weighted by atomic mass is 9.57. The maximum Gasteiger partial charge on any atom is 0.307 e. The average molecular weight is 389 g/mol. The van der Waals surface area contributed by atoms with Gasteiger partial charge in [0, 0.05) is 15.6 Å². The van der Waals surface area contributed by atoms with Crippen molar-refractivity contribution in [2.24, 2.45) is 5.92 Å². The first-order valence-electron chi connectivity index (χ1n) is 7.27. The predicted molar refractivity (Wildman–Crippen MR) is 89.5 cm³/mol. The number of nitrogens with one attached hydrogen (secondary N) is 1. The second kappa shape index (κ2) is 4.62. The van der Waals surface area contributed by atoms with Crippen molar-refractivity contribution < 1.29 is 15.0 Å². The van der Waals surface area contributed by atoms with Gasteiger partial charge in [0.15, 0.2) is 0 Å². The van der Waals surface area contributed by atoms with E-state index in [0.29, 0.717) is 22.3 Å². The lowest BCUT2D eigenvalue weighted by Crippen LogP contribution is -2.67. The van der Waals surface area contributed by atoms with E-state index in [9.17, 15) is 15.0 Å². The van der Waals surface area contributed by atoms with Crippen molar-refractivity contribution in [1.82, 2.24) is 0 Å². The number of hydrogen-bond acceptors (Lipinski definition) is 3. The van der Waals surface area contributed by atoms with Gasteiger partial charge in [-0.3, -0.25) is 4.79 Å². The van der Waals surface area contributed by atoms with Gasteiger partial charge in [-0.2, -0.15) is 0 Å². The van der Waals surface area contributed by atoms with E-state index in [0.717, 1.165) is 11.3 Å². The molecule has 1 aliphatic carbocycles. The Bertz CT molecular complexity index is 678. The Morgan fingerprint density at radius 2 is 2.05 bits per heavy atom. The van der Waals surface area contributed by atoms with E-state index in [2.05, 4.69) is 21.2 Å². The highest BCUT2D eigenvalue weighted by molar-refractivity contribution is 9.10. The second-order valence-electron chi connectivity index (χ2n) is 7.05. The fourth-order valence-electron chi connectivity index (χ4n) is 4.45. The smallest absolute Gasteiger partial charge is 0.307 e. The third-order valence-electron chi connectivity index (χ3n) is 5.75. The summed E-state index contributed by atoms with van der Waals surface area (Å²) in [6, 6.07) is 3.64. The first-order chi connectivity index (χ1) is 10.0. The van der Waals surface area contributed by atoms with Crippen molar-refractivity contribution in [1.29, 1.82) is 0 Å². The molecule has 4 nitrogen and oxygen atoms in total. The van der Waals surface area contributed by atoms with Crippen LogP contribution in [0.5, 0.6) is 0 Å². The SMILES string of the molecule is CC1(C)Nc2cc(Cl)c(Br)cc2C2(C)C(C(=O)O)CCC12O. The number of aliphatic hydroxyl groups is 1. The Labute approximate surface area is 143 Å². The van der Waals surface area contributed by atoms with Crippen LogP contribution in [0.1, 0.15) is 39.2 Å². The Morgan fingerprint density at radius 1 is 1.41 bits per heavy atom. The van der Waals surface area contributed by atoms with Crippen LogP contribution in [-0.4, -0.2) is 27.3 Å². The molecule has 1 saturated carbocycles. The summed E-state index contributed by atoms with van der Waals surface area (Å²) in [5.74, 6) is -1.50. The first-order valence-corrected chi connectivity index (χ1v) is 8.44. The van der Waals surface area contributed by atoms with Gasteiger partial charge in [0.25, 0.3) is 0 Å². The summed E-state index contributed by atoms with van der Waals surface area (Å²) in [4.78, 5) is 11.8. The zero-order valence-electron chi connectivity index (χ0n) is 12.7. The van der Waals surface area contributed by atoms with Crippen LogP contribution in [0.2, 0.25) is 5.02 Å². The number of carboxylic acid groups (broad SMARTS) is 1. The van der Waals surface area contributed by atoms with Crippen LogP contribution < -0.4 is 5.32 Å². The molecular weight excluding hydrogens is 370 g/mol. The van der Waals surface area contributed by atoms with Crippen LogP contribution in [0.3, 0.4) is 0 Å². The quantitative estimate of drug-likeness (QED) is 0.684. The van der Waals surface area contributed by atoms with Crippen molar-refractivity contribution >= 4 is 39.2 Å². The number of fused-ring (bicyclic) bond motifs is 3. The number of carboxylic acids is 1. The van der Waals surface area contributed by atoms with Crippen LogP contribution >= 0.6 is 27.5 Å². The fraction of sp³-hybridized carbons (Fsp3) is 0.562. The number of hydrogen-bond donors (Lipinski definition) is 3. The summed E-state index contributed by atoms with van der Waals surface area (Å²) in [5, 5.41) is 25.0. The second-order valence-corrected chi connectivity index (χ2v) is 8.32. The Hall–Kier alpha value is -0.780. The number of rotatable bonds is 1. The molecule has 1 aromatic carbocycles. The molecule has 2 aliphatic rings. The fourth-order valence-corrected chi connectivity index (χ4v) is 4.96. The third kappa shape index (κ3) is 1.76. The number of benzene rings is 1. The van der Waals surface area contributed by atoms with Gasteiger partial charge in [-0.15, -0.1) is 0 Å². The van der Waals surface area contributed by atoms with Crippen molar-refractivity contribution in [2.45, 2.75) is 50.2 Å². The molecule has 1 fully saturated rings. The molecule has 0 radical (unpaired) electrons. The van der Waals surface area contributed by atoms with Crippen molar-refractivity contribution in [3.05, 3.63) is 27.2 Å². The van der Waals surface area contributed by atoms with Crippen molar-refractivity contribution in [2.75, 3.05) is 5.32 Å². The first kappa shape index (κ1) is 16.1. The Balaban J connectivity index is 2.34. The van der Waals surface area contributed by atoms with Gasteiger partial charge in [0.05, 0.1) is 22.1 Å². The largest absolute Gasteiger partial charge is 0.481 e. The third-order valence-corrected chi connectivity index (χ3v) is 6.95. The van der Waals surface area contributed by atoms with E-state index in [1.807, 2.05) is 26.8 Å². The molecule has 22 heavy (non-hydrogen) atoms. The molecule has 6 heteroatoms. The number of halogens is 2. The topological polar surface area (TPSA) is 69.6 Å². The molecule has 0 amide bonds. The van der Waals surface area contributed by atoms with E-state index in [4.69, 9.17) is 11.6 Å². The van der Waals surface area contributed by atoms with Crippen molar-refractivity contribution in [3.63, 3.8) is 0 Å². The average Bonchev–Trinajstić information content (AvgIpc) is 2.68. The van der Waals surface area contributed by atoms with E-state index in [1.54, 1.807) is 6.07 Å². The Morgan fingerprint density at radius 3 is 2.64 bits per heavy atom. The molecule has 1 aromatic rings. The summed E-state index contributed by atoms with van der Waals surface area (Å²) in [6.45, 7) is 5.68. The standard InChI is InChI=1S/C16H19BrClNO3/c1-14(2)16(22)5-4-8(13(20)21)15(16,3)9-6-10(17)11(18)7-12(9)19-14/h6-8,19,22H,4-5H2,1-3H3,(H,20,21). The monoisotopic (exact) mass is 387 g/mol. The summed E-state index contributed by atoms with van der Waals surface area (Å²) in [6.07, 6.45) is 0.896. The van der Waals surface area contributed by atoms with E-state index in [-0.39, 0.29) is 0 Å². The molecule has 1 aliphatic heterocycles. The zero-order valence-corrected chi connectivity index (χ0v) is 15.0. The molecule has 120 valence electrons. The summed E-state index contributed by atoms with van der Waals surface area (Å²) in [7, 11) is 0. The molecule has 3 rings (SSSR count). The van der Waals surface area contributed by atoms with Crippen molar-refractivity contribution in [3.8, 4) is 0 Å². The molecule has 3 unspecified atom stereocenters. The van der Waals surface area contributed by atoms with Gasteiger partial charge in [-0.25, -0.2) is 0 Å². The minimum Gasteiger partial charge on any atom is -0.481 e. The molecule has 0 saturated heterocycles. The summed E-state index contributed by atoms with van der Waals surface area (Å²) >= 11 is 9.60. The highest BCUT2D eigenvalue weighted by atomic mass is 79.9. The van der Waals surface area contributed by atoms with Gasteiger partial charge >= 0.3 is 5.97 Å². The van der Waals surface area contributed by atoms with Crippen LogP contribution in [-0.2, 0) is 10.2 Å². The lowest BCUT2D eigenvalue weighted by molar-refractivity contribution is -0.147. The molecule has 0 aromatic heterocycles. The zero-order chi connectivity index (χ0) is 16.5. The maximum absolute atomic E-state index is 11.8. The molecule has 3 N–H and O–H groups in total. The minimum absolute atomic E-state index is 0.445. The lowest BCUT2D eigenvalue weighted by Gasteiger charge is -2.56. The summed E-state index contributed by atoms with van der Waals surface area (Å²) in [5.41, 5.74) is -1.09. The highest BCUT2D eigenvalue weighted by Crippen LogP contribution is 2.61. The van der Waals surface area contributed by atoms with Gasteiger partial charge < -0.3 is 15.5 Å². The normalized spacial score (nSPS) is 35.5. The van der Waals surface area contributed by atoms with Crippen LogP contribution in [0.25, 0.3) is 0 Å².